The Morgan fingerprint density at radius 1 is 1.04 bits per heavy atom. The predicted molar refractivity (Wildman–Crippen MR) is 86.3 cm³/mol. The maximum absolute atomic E-state index is 13.9. The standard InChI is InChI=1S/C18H18FNO3/c1-10-5-6-11(2)17(12(10)3)23-18(22)15-9-14(20-13(4)21)7-8-16(15)19/h5-9H,1-4H3,(H,20,21). The molecular weight excluding hydrogens is 297 g/mol. The third-order valence-electron chi connectivity index (χ3n) is 3.57. The lowest BCUT2D eigenvalue weighted by atomic mass is 10.1. The van der Waals surface area contributed by atoms with Crippen LogP contribution in [-0.2, 0) is 4.79 Å². The van der Waals surface area contributed by atoms with E-state index in [1.807, 2.05) is 32.9 Å². The Labute approximate surface area is 134 Å². The van der Waals surface area contributed by atoms with Crippen molar-refractivity contribution < 1.29 is 18.7 Å². The summed E-state index contributed by atoms with van der Waals surface area (Å²) in [6, 6.07) is 7.54. The number of halogens is 1. The van der Waals surface area contributed by atoms with Gasteiger partial charge in [0.05, 0.1) is 5.56 Å². The minimum Gasteiger partial charge on any atom is -0.422 e. The number of amides is 1. The Bertz CT molecular complexity index is 784. The third-order valence-corrected chi connectivity index (χ3v) is 3.57. The lowest BCUT2D eigenvalue weighted by Crippen LogP contribution is -2.14. The first kappa shape index (κ1) is 16.7. The summed E-state index contributed by atoms with van der Waals surface area (Å²) in [6.45, 7) is 6.90. The van der Waals surface area contributed by atoms with Gasteiger partial charge in [-0.2, -0.15) is 0 Å². The van der Waals surface area contributed by atoms with Gasteiger partial charge in [-0.25, -0.2) is 9.18 Å². The zero-order chi connectivity index (χ0) is 17.1. The summed E-state index contributed by atoms with van der Waals surface area (Å²) in [4.78, 5) is 23.4. The summed E-state index contributed by atoms with van der Waals surface area (Å²) in [5.74, 6) is -1.38. The fraction of sp³-hybridized carbons (Fsp3) is 0.222. The van der Waals surface area contributed by atoms with Crippen LogP contribution < -0.4 is 10.1 Å². The largest absolute Gasteiger partial charge is 0.422 e. The SMILES string of the molecule is CC(=O)Nc1ccc(F)c(C(=O)Oc2c(C)ccc(C)c2C)c1. The van der Waals surface area contributed by atoms with Gasteiger partial charge in [0, 0.05) is 12.6 Å². The molecule has 0 bridgehead atoms. The third kappa shape index (κ3) is 3.74. The van der Waals surface area contributed by atoms with Crippen molar-refractivity contribution in [3.63, 3.8) is 0 Å². The molecule has 1 amide bonds. The molecule has 120 valence electrons. The van der Waals surface area contributed by atoms with Crippen LogP contribution in [0.25, 0.3) is 0 Å². The lowest BCUT2D eigenvalue weighted by Gasteiger charge is -2.13. The highest BCUT2D eigenvalue weighted by Crippen LogP contribution is 2.27. The summed E-state index contributed by atoms with van der Waals surface area (Å²) in [5.41, 5.74) is 2.71. The van der Waals surface area contributed by atoms with E-state index in [4.69, 9.17) is 4.74 Å². The summed E-state index contributed by atoms with van der Waals surface area (Å²) in [7, 11) is 0. The average Bonchev–Trinajstić information content (AvgIpc) is 2.49. The normalized spacial score (nSPS) is 10.3. The number of esters is 1. The highest BCUT2D eigenvalue weighted by atomic mass is 19.1. The number of hydrogen-bond donors (Lipinski definition) is 1. The summed E-state index contributed by atoms with van der Waals surface area (Å²) >= 11 is 0. The van der Waals surface area contributed by atoms with Gasteiger partial charge in [0.2, 0.25) is 5.91 Å². The van der Waals surface area contributed by atoms with Crippen LogP contribution in [0.5, 0.6) is 5.75 Å². The summed E-state index contributed by atoms with van der Waals surface area (Å²) < 4.78 is 19.3. The van der Waals surface area contributed by atoms with Crippen molar-refractivity contribution in [1.82, 2.24) is 0 Å². The second-order valence-electron chi connectivity index (χ2n) is 5.42. The maximum Gasteiger partial charge on any atom is 0.346 e. The Morgan fingerprint density at radius 2 is 1.70 bits per heavy atom. The number of aryl methyl sites for hydroxylation is 2. The number of carbonyl (C=O) groups excluding carboxylic acids is 2. The van der Waals surface area contributed by atoms with E-state index >= 15 is 0 Å². The monoisotopic (exact) mass is 315 g/mol. The van der Waals surface area contributed by atoms with Crippen LogP contribution >= 0.6 is 0 Å². The topological polar surface area (TPSA) is 55.4 Å². The molecule has 0 unspecified atom stereocenters. The Kier molecular flexibility index (Phi) is 4.79. The number of ether oxygens (including phenoxy) is 1. The second-order valence-corrected chi connectivity index (χ2v) is 5.42. The minimum absolute atomic E-state index is 0.225. The molecule has 5 heteroatoms. The number of benzene rings is 2. The van der Waals surface area contributed by atoms with Gasteiger partial charge in [0.1, 0.15) is 11.6 Å². The minimum atomic E-state index is -0.800. The number of nitrogens with one attached hydrogen (secondary N) is 1. The van der Waals surface area contributed by atoms with Crippen LogP contribution in [0.2, 0.25) is 0 Å². The van der Waals surface area contributed by atoms with E-state index in [9.17, 15) is 14.0 Å². The molecule has 0 aliphatic rings. The molecule has 0 saturated carbocycles. The van der Waals surface area contributed by atoms with Crippen LogP contribution in [0.1, 0.15) is 34.0 Å². The van der Waals surface area contributed by atoms with Gasteiger partial charge in [-0.15, -0.1) is 0 Å². The van der Waals surface area contributed by atoms with E-state index in [-0.39, 0.29) is 11.5 Å². The van der Waals surface area contributed by atoms with Gasteiger partial charge in [0.25, 0.3) is 0 Å². The molecular formula is C18H18FNO3. The van der Waals surface area contributed by atoms with Gasteiger partial charge in [0.15, 0.2) is 0 Å². The Hall–Kier alpha value is -2.69. The molecule has 0 aromatic heterocycles. The highest BCUT2D eigenvalue weighted by Gasteiger charge is 2.18. The predicted octanol–water partition coefficient (Wildman–Crippen LogP) is 3.93. The molecule has 0 heterocycles. The highest BCUT2D eigenvalue weighted by molar-refractivity contribution is 5.95. The van der Waals surface area contributed by atoms with Gasteiger partial charge in [-0.05, 0) is 55.7 Å². The van der Waals surface area contributed by atoms with Crippen molar-refractivity contribution in [3.05, 3.63) is 58.4 Å². The lowest BCUT2D eigenvalue weighted by molar-refractivity contribution is -0.114. The average molecular weight is 315 g/mol. The van der Waals surface area contributed by atoms with E-state index in [0.717, 1.165) is 22.8 Å². The summed E-state index contributed by atoms with van der Waals surface area (Å²) in [6.07, 6.45) is 0. The fourth-order valence-electron chi connectivity index (χ4n) is 2.19. The van der Waals surface area contributed by atoms with E-state index in [1.54, 1.807) is 0 Å². The molecule has 0 atom stereocenters. The van der Waals surface area contributed by atoms with Crippen LogP contribution in [0.3, 0.4) is 0 Å². The zero-order valence-electron chi connectivity index (χ0n) is 13.5. The molecule has 4 nitrogen and oxygen atoms in total. The molecule has 0 spiro atoms. The van der Waals surface area contributed by atoms with Crippen molar-refractivity contribution in [3.8, 4) is 5.75 Å². The van der Waals surface area contributed by atoms with Crippen LogP contribution in [0.4, 0.5) is 10.1 Å². The van der Waals surface area contributed by atoms with Gasteiger partial charge >= 0.3 is 5.97 Å². The van der Waals surface area contributed by atoms with E-state index in [0.29, 0.717) is 11.4 Å². The molecule has 0 saturated heterocycles. The molecule has 0 aliphatic heterocycles. The molecule has 2 rings (SSSR count). The summed E-state index contributed by atoms with van der Waals surface area (Å²) in [5, 5.41) is 2.51. The van der Waals surface area contributed by atoms with Crippen LogP contribution in [-0.4, -0.2) is 11.9 Å². The van der Waals surface area contributed by atoms with Crippen LogP contribution in [0.15, 0.2) is 30.3 Å². The number of rotatable bonds is 3. The van der Waals surface area contributed by atoms with Crippen molar-refractivity contribution in [2.75, 3.05) is 5.32 Å². The molecule has 1 N–H and O–H groups in total. The van der Waals surface area contributed by atoms with E-state index in [1.165, 1.54) is 19.1 Å². The molecule has 2 aromatic carbocycles. The first-order chi connectivity index (χ1) is 10.8. The van der Waals surface area contributed by atoms with Crippen molar-refractivity contribution in [2.45, 2.75) is 27.7 Å². The Morgan fingerprint density at radius 3 is 2.35 bits per heavy atom. The molecule has 0 radical (unpaired) electrons. The van der Waals surface area contributed by atoms with Gasteiger partial charge in [-0.3, -0.25) is 4.79 Å². The molecule has 0 fully saturated rings. The fourth-order valence-corrected chi connectivity index (χ4v) is 2.19. The number of carbonyl (C=O) groups is 2. The quantitative estimate of drug-likeness (QED) is 0.690. The van der Waals surface area contributed by atoms with Crippen LogP contribution in [0, 0.1) is 26.6 Å². The van der Waals surface area contributed by atoms with Gasteiger partial charge < -0.3 is 10.1 Å². The van der Waals surface area contributed by atoms with Gasteiger partial charge in [-0.1, -0.05) is 12.1 Å². The van der Waals surface area contributed by atoms with E-state index in [2.05, 4.69) is 5.32 Å². The molecule has 0 aliphatic carbocycles. The number of anilines is 1. The number of hydrogen-bond acceptors (Lipinski definition) is 3. The maximum atomic E-state index is 13.9. The van der Waals surface area contributed by atoms with E-state index < -0.39 is 11.8 Å². The van der Waals surface area contributed by atoms with Crippen molar-refractivity contribution in [1.29, 1.82) is 0 Å². The van der Waals surface area contributed by atoms with Crippen molar-refractivity contribution >= 4 is 17.6 Å². The second kappa shape index (κ2) is 6.60. The first-order valence-corrected chi connectivity index (χ1v) is 7.15. The first-order valence-electron chi connectivity index (χ1n) is 7.15. The smallest absolute Gasteiger partial charge is 0.346 e. The zero-order valence-corrected chi connectivity index (χ0v) is 13.5. The molecule has 23 heavy (non-hydrogen) atoms. The van der Waals surface area contributed by atoms with Crippen molar-refractivity contribution in [2.24, 2.45) is 0 Å². The Balaban J connectivity index is 2.35. The molecule has 2 aromatic rings.